The van der Waals surface area contributed by atoms with Crippen LogP contribution in [0.25, 0.3) is 22.5 Å². The van der Waals surface area contributed by atoms with E-state index in [9.17, 15) is 10.1 Å². The fourth-order valence-corrected chi connectivity index (χ4v) is 5.00. The Balaban J connectivity index is 1.66. The van der Waals surface area contributed by atoms with E-state index in [2.05, 4.69) is 16.3 Å². The molecule has 6 nitrogen and oxygen atoms in total. The number of hydrogen-bond donors (Lipinski definition) is 1. The van der Waals surface area contributed by atoms with Crippen molar-refractivity contribution in [2.75, 3.05) is 31.1 Å². The van der Waals surface area contributed by atoms with E-state index in [4.69, 9.17) is 4.98 Å². The van der Waals surface area contributed by atoms with Gasteiger partial charge in [0.2, 0.25) is 0 Å². The first-order chi connectivity index (χ1) is 15.5. The van der Waals surface area contributed by atoms with Crippen molar-refractivity contribution in [3.8, 4) is 28.6 Å². The van der Waals surface area contributed by atoms with Gasteiger partial charge in [-0.15, -0.1) is 0 Å². The van der Waals surface area contributed by atoms with Gasteiger partial charge in [-0.25, -0.2) is 4.98 Å². The maximum absolute atomic E-state index is 13.5. The fraction of sp³-hybridized carbons (Fsp3) is 0.346. The summed E-state index contributed by atoms with van der Waals surface area (Å²) in [5.74, 6) is 1.78. The molecule has 1 N–H and O–H groups in total. The number of benzene rings is 2. The Morgan fingerprint density at radius 1 is 1.03 bits per heavy atom. The first-order valence-corrected chi connectivity index (χ1v) is 11.2. The third-order valence-electron chi connectivity index (χ3n) is 6.89. The Morgan fingerprint density at radius 2 is 1.72 bits per heavy atom. The zero-order chi connectivity index (χ0) is 22.2. The topological polar surface area (TPSA) is 74.0 Å². The summed E-state index contributed by atoms with van der Waals surface area (Å²) in [7, 11) is 1.83. The molecule has 0 amide bonds. The number of nitrogens with zero attached hydrogens (tertiary/aromatic N) is 4. The first-order valence-electron chi connectivity index (χ1n) is 11.2. The molecule has 2 aromatic carbocycles. The zero-order valence-corrected chi connectivity index (χ0v) is 18.5. The molecule has 0 aliphatic carbocycles. The van der Waals surface area contributed by atoms with Gasteiger partial charge < -0.3 is 14.8 Å². The van der Waals surface area contributed by atoms with Crippen molar-refractivity contribution in [2.45, 2.75) is 13.3 Å². The lowest BCUT2D eigenvalue weighted by Crippen LogP contribution is -2.43. The van der Waals surface area contributed by atoms with Gasteiger partial charge in [-0.3, -0.25) is 4.79 Å². The van der Waals surface area contributed by atoms with Crippen LogP contribution in [-0.4, -0.2) is 35.7 Å². The molecule has 0 bridgehead atoms. The summed E-state index contributed by atoms with van der Waals surface area (Å²) >= 11 is 0. The van der Waals surface area contributed by atoms with Crippen LogP contribution in [0.3, 0.4) is 0 Å². The summed E-state index contributed by atoms with van der Waals surface area (Å²) in [4.78, 5) is 20.7. The van der Waals surface area contributed by atoms with Crippen molar-refractivity contribution >= 4 is 5.82 Å². The van der Waals surface area contributed by atoms with Crippen molar-refractivity contribution in [3.05, 3.63) is 70.0 Å². The van der Waals surface area contributed by atoms with Crippen molar-refractivity contribution in [1.29, 1.82) is 5.26 Å². The standard InChI is InChI=1S/C26H27N5O/c1-17-3-7-20(8-4-17)24-23(19-9-5-18(13-27)6-10-19)29-25(26(32)30(24)2)31-12-11-21-14-28-15-22(21)16-31/h3-10,21-22,28H,11-12,14-16H2,1-2H3. The number of piperidine rings is 1. The smallest absolute Gasteiger partial charge is 0.293 e. The van der Waals surface area contributed by atoms with Crippen LogP contribution in [0.2, 0.25) is 0 Å². The first kappa shape index (κ1) is 20.5. The SMILES string of the molecule is Cc1ccc(-c2c(-c3ccc(C#N)cc3)nc(N3CCC4CNCC4C3)c(=O)n2C)cc1. The van der Waals surface area contributed by atoms with E-state index in [-0.39, 0.29) is 5.56 Å². The number of hydrogen-bond acceptors (Lipinski definition) is 5. The highest BCUT2D eigenvalue weighted by Crippen LogP contribution is 2.33. The minimum atomic E-state index is -0.0672. The molecule has 0 spiro atoms. The summed E-state index contributed by atoms with van der Waals surface area (Å²) in [6.07, 6.45) is 1.08. The Kier molecular flexibility index (Phi) is 5.28. The van der Waals surface area contributed by atoms with Gasteiger partial charge in [0.15, 0.2) is 5.82 Å². The summed E-state index contributed by atoms with van der Waals surface area (Å²) in [6, 6.07) is 17.8. The zero-order valence-electron chi connectivity index (χ0n) is 18.5. The maximum atomic E-state index is 13.5. The quantitative estimate of drug-likeness (QED) is 0.697. The molecule has 2 atom stereocenters. The number of anilines is 1. The second kappa shape index (κ2) is 8.25. The molecule has 3 aromatic rings. The van der Waals surface area contributed by atoms with Crippen LogP contribution >= 0.6 is 0 Å². The number of nitriles is 1. The van der Waals surface area contributed by atoms with Crippen molar-refractivity contribution in [3.63, 3.8) is 0 Å². The van der Waals surface area contributed by atoms with Crippen LogP contribution in [0.5, 0.6) is 0 Å². The molecule has 32 heavy (non-hydrogen) atoms. The number of aromatic nitrogens is 2. The normalized spacial score (nSPS) is 20.1. The van der Waals surface area contributed by atoms with E-state index in [1.54, 1.807) is 16.7 Å². The van der Waals surface area contributed by atoms with Gasteiger partial charge in [-0.2, -0.15) is 5.26 Å². The molecule has 5 rings (SSSR count). The van der Waals surface area contributed by atoms with E-state index in [0.29, 0.717) is 23.2 Å². The van der Waals surface area contributed by atoms with E-state index in [0.717, 1.165) is 60.7 Å². The molecule has 2 saturated heterocycles. The largest absolute Gasteiger partial charge is 0.352 e. The van der Waals surface area contributed by atoms with Crippen LogP contribution in [0, 0.1) is 30.1 Å². The van der Waals surface area contributed by atoms with Crippen LogP contribution in [0.4, 0.5) is 5.82 Å². The second-order valence-electron chi connectivity index (χ2n) is 8.97. The highest BCUT2D eigenvalue weighted by Gasteiger charge is 2.34. The summed E-state index contributed by atoms with van der Waals surface area (Å²) in [5.41, 5.74) is 5.11. The Morgan fingerprint density at radius 3 is 2.44 bits per heavy atom. The lowest BCUT2D eigenvalue weighted by atomic mass is 9.89. The predicted molar refractivity (Wildman–Crippen MR) is 126 cm³/mol. The molecule has 2 fully saturated rings. The van der Waals surface area contributed by atoms with Gasteiger partial charge in [-0.1, -0.05) is 42.0 Å². The van der Waals surface area contributed by atoms with E-state index >= 15 is 0 Å². The molecular formula is C26H27N5O. The number of fused-ring (bicyclic) bond motifs is 1. The molecule has 0 radical (unpaired) electrons. The molecular weight excluding hydrogens is 398 g/mol. The van der Waals surface area contributed by atoms with Crippen molar-refractivity contribution in [2.24, 2.45) is 18.9 Å². The highest BCUT2D eigenvalue weighted by atomic mass is 16.1. The molecule has 2 unspecified atom stereocenters. The van der Waals surface area contributed by atoms with E-state index in [1.807, 2.05) is 50.4 Å². The van der Waals surface area contributed by atoms with E-state index < -0.39 is 0 Å². The predicted octanol–water partition coefficient (Wildman–Crippen LogP) is 3.34. The Hall–Kier alpha value is -3.43. The average Bonchev–Trinajstić information content (AvgIpc) is 3.29. The lowest BCUT2D eigenvalue weighted by Gasteiger charge is -2.35. The van der Waals surface area contributed by atoms with Gasteiger partial charge in [0.1, 0.15) is 0 Å². The maximum Gasteiger partial charge on any atom is 0.293 e. The van der Waals surface area contributed by atoms with E-state index in [1.165, 1.54) is 0 Å². The van der Waals surface area contributed by atoms with Crippen LogP contribution < -0.4 is 15.8 Å². The van der Waals surface area contributed by atoms with Gasteiger partial charge in [0, 0.05) is 31.3 Å². The summed E-state index contributed by atoms with van der Waals surface area (Å²) in [5, 5.41) is 12.7. The van der Waals surface area contributed by atoms with Gasteiger partial charge in [0.25, 0.3) is 5.56 Å². The number of rotatable bonds is 3. The lowest BCUT2D eigenvalue weighted by molar-refractivity contribution is 0.347. The monoisotopic (exact) mass is 425 g/mol. The molecule has 162 valence electrons. The third kappa shape index (κ3) is 3.59. The molecule has 0 saturated carbocycles. The fourth-order valence-electron chi connectivity index (χ4n) is 5.00. The Labute approximate surface area is 188 Å². The van der Waals surface area contributed by atoms with Crippen LogP contribution in [0.15, 0.2) is 53.3 Å². The molecule has 3 heterocycles. The number of nitrogens with one attached hydrogen (secondary N) is 1. The molecule has 1 aromatic heterocycles. The minimum Gasteiger partial charge on any atom is -0.352 e. The van der Waals surface area contributed by atoms with Gasteiger partial charge in [0.05, 0.1) is 23.0 Å². The summed E-state index contributed by atoms with van der Waals surface area (Å²) < 4.78 is 1.74. The van der Waals surface area contributed by atoms with Gasteiger partial charge >= 0.3 is 0 Å². The third-order valence-corrected chi connectivity index (χ3v) is 6.89. The van der Waals surface area contributed by atoms with Crippen LogP contribution in [-0.2, 0) is 7.05 Å². The van der Waals surface area contributed by atoms with Crippen LogP contribution in [0.1, 0.15) is 17.5 Å². The van der Waals surface area contributed by atoms with Crippen molar-refractivity contribution < 1.29 is 0 Å². The molecule has 2 aliphatic heterocycles. The summed E-state index contributed by atoms with van der Waals surface area (Å²) in [6.45, 7) is 5.84. The second-order valence-corrected chi connectivity index (χ2v) is 8.97. The minimum absolute atomic E-state index is 0.0672. The van der Waals surface area contributed by atoms with Gasteiger partial charge in [-0.05, 0) is 50.4 Å². The highest BCUT2D eigenvalue weighted by molar-refractivity contribution is 5.79. The van der Waals surface area contributed by atoms with Crippen molar-refractivity contribution in [1.82, 2.24) is 14.9 Å². The Bertz CT molecular complexity index is 1240. The molecule has 6 heteroatoms. The average molecular weight is 426 g/mol. The molecule has 2 aliphatic rings. The number of aryl methyl sites for hydroxylation is 1.